The van der Waals surface area contributed by atoms with E-state index in [-0.39, 0.29) is 11.9 Å². The molecule has 2 aromatic rings. The highest BCUT2D eigenvalue weighted by molar-refractivity contribution is 5.99. The Hall–Kier alpha value is -1.92. The van der Waals surface area contributed by atoms with Gasteiger partial charge in [0.25, 0.3) is 5.91 Å². The first-order valence-corrected chi connectivity index (χ1v) is 8.10. The minimum Gasteiger partial charge on any atom is -0.368 e. The fourth-order valence-electron chi connectivity index (χ4n) is 3.13. The molecule has 1 aromatic heterocycles. The summed E-state index contributed by atoms with van der Waals surface area (Å²) in [4.78, 5) is 12.7. The van der Waals surface area contributed by atoms with Crippen LogP contribution in [0.5, 0.6) is 0 Å². The molecule has 1 fully saturated rings. The third-order valence-corrected chi connectivity index (χ3v) is 4.56. The summed E-state index contributed by atoms with van der Waals surface area (Å²) in [6.45, 7) is 5.76. The van der Waals surface area contributed by atoms with Gasteiger partial charge in [-0.05, 0) is 58.0 Å². The number of rotatable bonds is 4. The summed E-state index contributed by atoms with van der Waals surface area (Å²) in [7, 11) is 1.61. The van der Waals surface area contributed by atoms with Gasteiger partial charge < -0.3 is 15.4 Å². The van der Waals surface area contributed by atoms with Gasteiger partial charge in [0.1, 0.15) is 5.60 Å². The third kappa shape index (κ3) is 2.96. The highest BCUT2D eigenvalue weighted by Crippen LogP contribution is 2.26. The molecule has 0 bridgehead atoms. The Kier molecular flexibility index (Phi) is 4.37. The Labute approximate surface area is 136 Å². The second kappa shape index (κ2) is 6.29. The number of carbonyl (C=O) groups excluding carboxylic acids is 1. The largest absolute Gasteiger partial charge is 0.368 e. The van der Waals surface area contributed by atoms with E-state index in [9.17, 15) is 4.79 Å². The molecular formula is C17H24N4O2. The van der Waals surface area contributed by atoms with Crippen LogP contribution in [0.25, 0.3) is 10.9 Å². The zero-order valence-corrected chi connectivity index (χ0v) is 13.9. The monoisotopic (exact) mass is 316 g/mol. The van der Waals surface area contributed by atoms with E-state index in [0.29, 0.717) is 12.8 Å². The number of hydrogen-bond donors (Lipinski definition) is 2. The lowest BCUT2D eigenvalue weighted by Gasteiger charge is -2.34. The average molecular weight is 316 g/mol. The van der Waals surface area contributed by atoms with E-state index in [2.05, 4.69) is 29.6 Å². The van der Waals surface area contributed by atoms with Crippen LogP contribution in [0.15, 0.2) is 24.4 Å². The van der Waals surface area contributed by atoms with Gasteiger partial charge in [0.15, 0.2) is 0 Å². The number of fused-ring (bicyclic) bond motifs is 1. The molecule has 1 amide bonds. The molecule has 6 nitrogen and oxygen atoms in total. The summed E-state index contributed by atoms with van der Waals surface area (Å²) in [6, 6.07) is 6.15. The molecule has 1 aromatic carbocycles. The number of nitrogens with one attached hydrogen (secondary N) is 2. The fraction of sp³-hybridized carbons (Fsp3) is 0.529. The lowest BCUT2D eigenvalue weighted by Crippen LogP contribution is -2.51. The van der Waals surface area contributed by atoms with Gasteiger partial charge >= 0.3 is 0 Å². The molecule has 1 aliphatic rings. The molecule has 1 saturated heterocycles. The zero-order valence-electron chi connectivity index (χ0n) is 13.9. The third-order valence-electron chi connectivity index (χ3n) is 4.56. The van der Waals surface area contributed by atoms with Crippen molar-refractivity contribution in [2.45, 2.75) is 38.3 Å². The molecule has 1 aliphatic heterocycles. The van der Waals surface area contributed by atoms with E-state index in [1.54, 1.807) is 7.11 Å². The number of hydrogen-bond acceptors (Lipinski definition) is 4. The van der Waals surface area contributed by atoms with Gasteiger partial charge in [-0.15, -0.1) is 0 Å². The fourth-order valence-corrected chi connectivity index (χ4v) is 3.13. The van der Waals surface area contributed by atoms with E-state index >= 15 is 0 Å². The van der Waals surface area contributed by atoms with Crippen LogP contribution in [0.1, 0.15) is 32.7 Å². The lowest BCUT2D eigenvalue weighted by molar-refractivity contribution is -0.140. The SMILES string of the molecule is COC1(C(=O)Nc2ccc3cnn(C(C)C)c3c2)CCNCC1. The second-order valence-electron chi connectivity index (χ2n) is 6.36. The number of benzene rings is 1. The van der Waals surface area contributed by atoms with Crippen molar-refractivity contribution in [2.75, 3.05) is 25.5 Å². The van der Waals surface area contributed by atoms with E-state index in [1.165, 1.54) is 0 Å². The van der Waals surface area contributed by atoms with Crippen LogP contribution < -0.4 is 10.6 Å². The smallest absolute Gasteiger partial charge is 0.256 e. The molecule has 0 atom stereocenters. The molecular weight excluding hydrogens is 292 g/mol. The maximum atomic E-state index is 12.7. The molecule has 3 rings (SSSR count). The van der Waals surface area contributed by atoms with Gasteiger partial charge in [0.05, 0.1) is 11.7 Å². The molecule has 2 N–H and O–H groups in total. The van der Waals surface area contributed by atoms with Gasteiger partial charge in [0.2, 0.25) is 0 Å². The van der Waals surface area contributed by atoms with E-state index < -0.39 is 5.60 Å². The number of ether oxygens (including phenoxy) is 1. The summed E-state index contributed by atoms with van der Waals surface area (Å²) >= 11 is 0. The van der Waals surface area contributed by atoms with Crippen LogP contribution in [0.2, 0.25) is 0 Å². The highest BCUT2D eigenvalue weighted by Gasteiger charge is 2.39. The predicted octanol–water partition coefficient (Wildman–Crippen LogP) is 2.32. The van der Waals surface area contributed by atoms with Crippen molar-refractivity contribution in [3.05, 3.63) is 24.4 Å². The predicted molar refractivity (Wildman–Crippen MR) is 90.6 cm³/mol. The van der Waals surface area contributed by atoms with Gasteiger partial charge in [-0.2, -0.15) is 5.10 Å². The maximum Gasteiger partial charge on any atom is 0.256 e. The topological polar surface area (TPSA) is 68.2 Å². The van der Waals surface area contributed by atoms with Crippen molar-refractivity contribution < 1.29 is 9.53 Å². The molecule has 0 aliphatic carbocycles. The standard InChI is InChI=1S/C17H24N4O2/c1-12(2)21-15-10-14(5-4-13(15)11-19-21)20-16(22)17(23-3)6-8-18-9-7-17/h4-5,10-12,18H,6-9H2,1-3H3,(H,20,22). The number of piperidine rings is 1. The van der Waals surface area contributed by atoms with Crippen molar-refractivity contribution in [3.8, 4) is 0 Å². The molecule has 6 heteroatoms. The maximum absolute atomic E-state index is 12.7. The molecule has 124 valence electrons. The van der Waals surface area contributed by atoms with Crippen molar-refractivity contribution in [1.82, 2.24) is 15.1 Å². The summed E-state index contributed by atoms with van der Waals surface area (Å²) in [5.41, 5.74) is 1.06. The van der Waals surface area contributed by atoms with Crippen LogP contribution >= 0.6 is 0 Å². The molecule has 0 saturated carbocycles. The minimum absolute atomic E-state index is 0.0727. The molecule has 0 spiro atoms. The number of amides is 1. The number of nitrogens with zero attached hydrogens (tertiary/aromatic N) is 2. The first-order valence-electron chi connectivity index (χ1n) is 8.10. The highest BCUT2D eigenvalue weighted by atomic mass is 16.5. The zero-order chi connectivity index (χ0) is 16.4. The van der Waals surface area contributed by atoms with Gasteiger partial charge in [0, 0.05) is 24.2 Å². The Morgan fingerprint density at radius 1 is 1.39 bits per heavy atom. The average Bonchev–Trinajstić information content (AvgIpc) is 2.98. The lowest BCUT2D eigenvalue weighted by atomic mass is 9.91. The van der Waals surface area contributed by atoms with E-state index in [4.69, 9.17) is 4.74 Å². The van der Waals surface area contributed by atoms with E-state index in [1.807, 2.05) is 29.1 Å². The first-order chi connectivity index (χ1) is 11.1. The van der Waals surface area contributed by atoms with Crippen LogP contribution in [0.3, 0.4) is 0 Å². The van der Waals surface area contributed by atoms with Gasteiger partial charge in [-0.3, -0.25) is 9.48 Å². The number of carbonyl (C=O) groups is 1. The Bertz CT molecular complexity index is 702. The first kappa shape index (κ1) is 16.0. The number of aromatic nitrogens is 2. The van der Waals surface area contributed by atoms with E-state index in [0.717, 1.165) is 29.7 Å². The molecule has 0 radical (unpaired) electrons. The quantitative estimate of drug-likeness (QED) is 0.908. The number of methoxy groups -OCH3 is 1. The summed E-state index contributed by atoms with van der Waals surface area (Å²) in [6.07, 6.45) is 3.22. The van der Waals surface area contributed by atoms with Crippen molar-refractivity contribution in [2.24, 2.45) is 0 Å². The van der Waals surface area contributed by atoms with Gasteiger partial charge in [-0.25, -0.2) is 0 Å². The molecule has 23 heavy (non-hydrogen) atoms. The Morgan fingerprint density at radius 3 is 2.78 bits per heavy atom. The normalized spacial score (nSPS) is 17.6. The molecule has 2 heterocycles. The second-order valence-corrected chi connectivity index (χ2v) is 6.36. The van der Waals surface area contributed by atoms with Crippen molar-refractivity contribution >= 4 is 22.5 Å². The number of anilines is 1. The van der Waals surface area contributed by atoms with Gasteiger partial charge in [-0.1, -0.05) is 0 Å². The van der Waals surface area contributed by atoms with Crippen molar-refractivity contribution in [3.63, 3.8) is 0 Å². The Balaban J connectivity index is 1.85. The summed E-state index contributed by atoms with van der Waals surface area (Å²) in [5, 5.41) is 11.8. The van der Waals surface area contributed by atoms with Crippen LogP contribution in [-0.4, -0.2) is 41.5 Å². The van der Waals surface area contributed by atoms with Crippen LogP contribution in [-0.2, 0) is 9.53 Å². The van der Waals surface area contributed by atoms with Crippen LogP contribution in [0.4, 0.5) is 5.69 Å². The van der Waals surface area contributed by atoms with Crippen molar-refractivity contribution in [1.29, 1.82) is 0 Å². The van der Waals surface area contributed by atoms with Crippen LogP contribution in [0, 0.1) is 0 Å². The summed E-state index contributed by atoms with van der Waals surface area (Å²) in [5.74, 6) is -0.0727. The summed E-state index contributed by atoms with van der Waals surface area (Å²) < 4.78 is 7.54. The Morgan fingerprint density at radius 2 is 2.13 bits per heavy atom. The molecule has 0 unspecified atom stereocenters. The minimum atomic E-state index is -0.738.